The molecule has 0 aliphatic heterocycles. The van der Waals surface area contributed by atoms with Crippen LogP contribution in [0.5, 0.6) is 0 Å². The normalized spacial score (nSPS) is 10.1. The minimum Gasteiger partial charge on any atom is -0.396 e. The number of rotatable bonds is 2. The van der Waals surface area contributed by atoms with E-state index in [9.17, 15) is 4.79 Å². The zero-order valence-corrected chi connectivity index (χ0v) is 8.71. The first-order valence-corrected chi connectivity index (χ1v) is 4.66. The number of nitrogens with two attached hydrogens (primary N) is 1. The van der Waals surface area contributed by atoms with Crippen molar-refractivity contribution in [1.29, 1.82) is 0 Å². The maximum absolute atomic E-state index is 11.9. The van der Waals surface area contributed by atoms with Crippen LogP contribution in [-0.4, -0.2) is 28.1 Å². The number of carbonyl (C=O) groups is 1. The number of nitrogen functional groups attached to an aromatic ring is 1. The number of amides is 1. The van der Waals surface area contributed by atoms with Crippen LogP contribution in [0.1, 0.15) is 10.4 Å². The lowest BCUT2D eigenvalue weighted by Gasteiger charge is -2.17. The minimum atomic E-state index is -0.174. The molecule has 0 radical (unpaired) electrons. The van der Waals surface area contributed by atoms with Gasteiger partial charge in [-0.25, -0.2) is 0 Å². The van der Waals surface area contributed by atoms with Gasteiger partial charge in [-0.05, 0) is 6.07 Å². The Bertz CT molecular complexity index is 494. The molecule has 0 saturated carbocycles. The smallest absolute Gasteiger partial charge is 0.261 e. The van der Waals surface area contributed by atoms with Gasteiger partial charge in [-0.3, -0.25) is 14.9 Å². The highest BCUT2D eigenvalue weighted by molar-refractivity contribution is 6.06. The number of hydrogen-bond acceptors (Lipinski definition) is 4. The second-order valence-electron chi connectivity index (χ2n) is 3.29. The standard InChI is InChI=1S/C10H11N5O/c1-15(9-2-3-12-6-8(9)11)10(16)7-4-13-14-5-7/h2-6H,11H2,1H3,(H,13,14). The predicted octanol–water partition coefficient (Wildman–Crippen LogP) is 0.663. The molecule has 0 aliphatic rings. The van der Waals surface area contributed by atoms with Crippen molar-refractivity contribution >= 4 is 17.3 Å². The van der Waals surface area contributed by atoms with Crippen molar-refractivity contribution < 1.29 is 4.79 Å². The molecule has 2 heterocycles. The molecule has 0 bridgehead atoms. The van der Waals surface area contributed by atoms with Gasteiger partial charge in [0.15, 0.2) is 0 Å². The number of nitrogens with zero attached hydrogens (tertiary/aromatic N) is 3. The van der Waals surface area contributed by atoms with E-state index in [2.05, 4.69) is 15.2 Å². The third-order valence-electron chi connectivity index (χ3n) is 2.24. The predicted molar refractivity (Wildman–Crippen MR) is 60.0 cm³/mol. The Kier molecular flexibility index (Phi) is 2.55. The number of aromatic amines is 1. The highest BCUT2D eigenvalue weighted by Gasteiger charge is 2.15. The lowest BCUT2D eigenvalue weighted by molar-refractivity contribution is 0.0993. The summed E-state index contributed by atoms with van der Waals surface area (Å²) in [6, 6.07) is 1.69. The minimum absolute atomic E-state index is 0.174. The maximum atomic E-state index is 11.9. The summed E-state index contributed by atoms with van der Waals surface area (Å²) >= 11 is 0. The quantitative estimate of drug-likeness (QED) is 0.773. The van der Waals surface area contributed by atoms with E-state index in [4.69, 9.17) is 5.73 Å². The van der Waals surface area contributed by atoms with E-state index in [1.165, 1.54) is 23.5 Å². The fourth-order valence-corrected chi connectivity index (χ4v) is 1.38. The molecule has 2 aromatic heterocycles. The van der Waals surface area contributed by atoms with Crippen molar-refractivity contribution in [2.24, 2.45) is 0 Å². The summed E-state index contributed by atoms with van der Waals surface area (Å²) < 4.78 is 0. The topological polar surface area (TPSA) is 87.9 Å². The van der Waals surface area contributed by atoms with Gasteiger partial charge >= 0.3 is 0 Å². The molecule has 0 atom stereocenters. The summed E-state index contributed by atoms with van der Waals surface area (Å²) in [6.45, 7) is 0. The van der Waals surface area contributed by atoms with Gasteiger partial charge in [0, 0.05) is 19.4 Å². The number of H-pyrrole nitrogens is 1. The molecule has 6 nitrogen and oxygen atoms in total. The molecule has 3 N–H and O–H groups in total. The number of pyridine rings is 1. The zero-order valence-electron chi connectivity index (χ0n) is 8.71. The Morgan fingerprint density at radius 1 is 1.50 bits per heavy atom. The molecule has 0 aromatic carbocycles. The van der Waals surface area contributed by atoms with Crippen LogP contribution in [0.2, 0.25) is 0 Å². The highest BCUT2D eigenvalue weighted by Crippen LogP contribution is 2.21. The van der Waals surface area contributed by atoms with Crippen molar-refractivity contribution in [3.8, 4) is 0 Å². The Morgan fingerprint density at radius 3 is 2.94 bits per heavy atom. The van der Waals surface area contributed by atoms with Crippen LogP contribution in [0.3, 0.4) is 0 Å². The maximum Gasteiger partial charge on any atom is 0.261 e. The Morgan fingerprint density at radius 2 is 2.31 bits per heavy atom. The van der Waals surface area contributed by atoms with Crippen molar-refractivity contribution in [3.63, 3.8) is 0 Å². The van der Waals surface area contributed by atoms with E-state index in [0.717, 1.165) is 0 Å². The molecule has 0 aliphatic carbocycles. The molecule has 0 unspecified atom stereocenters. The molecule has 6 heteroatoms. The molecule has 1 amide bonds. The summed E-state index contributed by atoms with van der Waals surface area (Å²) in [6.07, 6.45) is 6.10. The van der Waals surface area contributed by atoms with E-state index < -0.39 is 0 Å². The Balaban J connectivity index is 2.30. The summed E-state index contributed by atoms with van der Waals surface area (Å²) in [5.41, 5.74) is 7.30. The summed E-state index contributed by atoms with van der Waals surface area (Å²) in [7, 11) is 1.65. The van der Waals surface area contributed by atoms with E-state index in [0.29, 0.717) is 16.9 Å². The van der Waals surface area contributed by atoms with Gasteiger partial charge < -0.3 is 10.6 Å². The number of aromatic nitrogens is 3. The highest BCUT2D eigenvalue weighted by atomic mass is 16.2. The number of nitrogens with one attached hydrogen (secondary N) is 1. The molecule has 82 valence electrons. The SMILES string of the molecule is CN(C(=O)c1cn[nH]c1)c1ccncc1N. The van der Waals surface area contributed by atoms with Gasteiger partial charge in [0.25, 0.3) is 5.91 Å². The number of anilines is 2. The first-order chi connectivity index (χ1) is 7.70. The van der Waals surface area contributed by atoms with Gasteiger partial charge in [0.2, 0.25) is 0 Å². The van der Waals surface area contributed by atoms with E-state index in [1.807, 2.05) is 0 Å². The summed E-state index contributed by atoms with van der Waals surface area (Å²) in [5.74, 6) is -0.174. The van der Waals surface area contributed by atoms with Gasteiger partial charge in [0.05, 0.1) is 29.3 Å². The molecule has 16 heavy (non-hydrogen) atoms. The Hall–Kier alpha value is -2.37. The zero-order chi connectivity index (χ0) is 11.5. The largest absolute Gasteiger partial charge is 0.396 e. The molecule has 2 aromatic rings. The van der Waals surface area contributed by atoms with Gasteiger partial charge in [-0.15, -0.1) is 0 Å². The summed E-state index contributed by atoms with van der Waals surface area (Å²) in [4.78, 5) is 17.3. The molecule has 0 spiro atoms. The fraction of sp³-hybridized carbons (Fsp3) is 0.100. The van der Waals surface area contributed by atoms with Crippen molar-refractivity contribution in [2.45, 2.75) is 0 Å². The van der Waals surface area contributed by atoms with E-state index in [-0.39, 0.29) is 5.91 Å². The van der Waals surface area contributed by atoms with Gasteiger partial charge in [0.1, 0.15) is 0 Å². The fourth-order valence-electron chi connectivity index (χ4n) is 1.38. The molecule has 0 fully saturated rings. The third kappa shape index (κ3) is 1.72. The van der Waals surface area contributed by atoms with Crippen molar-refractivity contribution in [3.05, 3.63) is 36.4 Å². The van der Waals surface area contributed by atoms with Crippen LogP contribution in [0, 0.1) is 0 Å². The molecular weight excluding hydrogens is 206 g/mol. The molecule has 0 saturated heterocycles. The molecular formula is C10H11N5O. The molecule has 2 rings (SSSR count). The van der Waals surface area contributed by atoms with Gasteiger partial charge in [-0.2, -0.15) is 5.10 Å². The number of hydrogen-bond donors (Lipinski definition) is 2. The average molecular weight is 217 g/mol. The van der Waals surface area contributed by atoms with Crippen LogP contribution < -0.4 is 10.6 Å². The Labute approximate surface area is 92.1 Å². The number of carbonyl (C=O) groups excluding carboxylic acids is 1. The van der Waals surface area contributed by atoms with Crippen molar-refractivity contribution in [2.75, 3.05) is 17.7 Å². The first kappa shape index (κ1) is 10.2. The van der Waals surface area contributed by atoms with E-state index >= 15 is 0 Å². The van der Waals surface area contributed by atoms with Crippen LogP contribution in [0.4, 0.5) is 11.4 Å². The van der Waals surface area contributed by atoms with Crippen LogP contribution in [-0.2, 0) is 0 Å². The van der Waals surface area contributed by atoms with Crippen LogP contribution in [0.15, 0.2) is 30.9 Å². The van der Waals surface area contributed by atoms with Crippen molar-refractivity contribution in [1.82, 2.24) is 15.2 Å². The lowest BCUT2D eigenvalue weighted by atomic mass is 10.2. The van der Waals surface area contributed by atoms with Gasteiger partial charge in [-0.1, -0.05) is 0 Å². The first-order valence-electron chi connectivity index (χ1n) is 4.66. The third-order valence-corrected chi connectivity index (χ3v) is 2.24. The van der Waals surface area contributed by atoms with Crippen LogP contribution >= 0.6 is 0 Å². The summed E-state index contributed by atoms with van der Waals surface area (Å²) in [5, 5.41) is 6.32. The monoisotopic (exact) mass is 217 g/mol. The second-order valence-corrected chi connectivity index (χ2v) is 3.29. The van der Waals surface area contributed by atoms with E-state index in [1.54, 1.807) is 19.3 Å². The van der Waals surface area contributed by atoms with Crippen LogP contribution in [0.25, 0.3) is 0 Å². The lowest BCUT2D eigenvalue weighted by Crippen LogP contribution is -2.26. The average Bonchev–Trinajstić information content (AvgIpc) is 2.81. The second kappa shape index (κ2) is 4.01.